The Balaban J connectivity index is 2.70. The average Bonchev–Trinajstić information content (AvgIpc) is 2.02. The van der Waals surface area contributed by atoms with Gasteiger partial charge in [0.2, 0.25) is 0 Å². The fraction of sp³-hybridized carbons (Fsp3) is 0.500. The van der Waals surface area contributed by atoms with Crippen molar-refractivity contribution in [3.8, 4) is 0 Å². The Morgan fingerprint density at radius 3 is 2.50 bits per heavy atom. The van der Waals surface area contributed by atoms with Crippen LogP contribution in [-0.4, -0.2) is 21.9 Å². The van der Waals surface area contributed by atoms with Gasteiger partial charge in [-0.2, -0.15) is 0 Å². The highest BCUT2D eigenvalue weighted by Crippen LogP contribution is 2.14. The van der Waals surface area contributed by atoms with Gasteiger partial charge in [0.1, 0.15) is 0 Å². The third kappa shape index (κ3) is 3.13. The number of aliphatic hydroxyl groups is 2. The van der Waals surface area contributed by atoms with Crippen LogP contribution in [0, 0.1) is 6.92 Å². The topological polar surface area (TPSA) is 40.5 Å². The Kier molecular flexibility index (Phi) is 3.29. The molecule has 1 rings (SSSR count). The van der Waals surface area contributed by atoms with E-state index in [-0.39, 0.29) is 0 Å². The van der Waals surface area contributed by atoms with Gasteiger partial charge in [-0.25, -0.2) is 0 Å². The lowest BCUT2D eigenvalue weighted by molar-refractivity contribution is -0.0469. The summed E-state index contributed by atoms with van der Waals surface area (Å²) in [7, 11) is 0. The monoisotopic (exact) mass is 194 g/mol. The summed E-state index contributed by atoms with van der Waals surface area (Å²) >= 11 is 0. The lowest BCUT2D eigenvalue weighted by Gasteiger charge is -2.24. The molecule has 1 unspecified atom stereocenters. The molecule has 1 aromatic rings. The molecule has 0 saturated carbocycles. The molecule has 78 valence electrons. The predicted octanol–water partition coefficient (Wildman–Crippen LogP) is 1.67. The summed E-state index contributed by atoms with van der Waals surface area (Å²) in [5, 5.41) is 19.2. The van der Waals surface area contributed by atoms with Crippen LogP contribution in [0.3, 0.4) is 0 Å². The quantitative estimate of drug-likeness (QED) is 0.768. The number of aliphatic hydroxyl groups excluding tert-OH is 1. The highest BCUT2D eigenvalue weighted by Gasteiger charge is 2.24. The van der Waals surface area contributed by atoms with Gasteiger partial charge in [-0.3, -0.25) is 0 Å². The van der Waals surface area contributed by atoms with Gasteiger partial charge in [0, 0.05) is 6.42 Å². The van der Waals surface area contributed by atoms with Gasteiger partial charge in [-0.1, -0.05) is 29.8 Å². The van der Waals surface area contributed by atoms with Crippen molar-refractivity contribution in [1.29, 1.82) is 0 Å². The Morgan fingerprint density at radius 2 is 2.00 bits per heavy atom. The Labute approximate surface area is 85.2 Å². The number of aryl methyl sites for hydroxylation is 1. The summed E-state index contributed by atoms with van der Waals surface area (Å²) in [5.74, 6) is 0. The smallest absolute Gasteiger partial charge is 0.0861 e. The van der Waals surface area contributed by atoms with Crippen LogP contribution >= 0.6 is 0 Å². The third-order valence-corrected chi connectivity index (χ3v) is 2.33. The summed E-state index contributed by atoms with van der Waals surface area (Å²) in [4.78, 5) is 0. The largest absolute Gasteiger partial charge is 0.390 e. The molecule has 1 aromatic carbocycles. The normalized spacial score (nSPS) is 14.1. The lowest BCUT2D eigenvalue weighted by Crippen LogP contribution is -2.37. The van der Waals surface area contributed by atoms with E-state index in [1.54, 1.807) is 13.8 Å². The molecule has 0 spiro atoms. The lowest BCUT2D eigenvalue weighted by atomic mass is 9.95. The van der Waals surface area contributed by atoms with Crippen molar-refractivity contribution in [3.05, 3.63) is 35.4 Å². The van der Waals surface area contributed by atoms with Crippen molar-refractivity contribution < 1.29 is 10.2 Å². The molecule has 0 amide bonds. The molecule has 0 aliphatic carbocycles. The van der Waals surface area contributed by atoms with Crippen molar-refractivity contribution in [2.45, 2.75) is 38.9 Å². The number of benzene rings is 1. The number of hydrogen-bond donors (Lipinski definition) is 2. The van der Waals surface area contributed by atoms with Crippen LogP contribution in [0.2, 0.25) is 0 Å². The van der Waals surface area contributed by atoms with E-state index in [0.29, 0.717) is 6.42 Å². The first-order valence-corrected chi connectivity index (χ1v) is 4.85. The maximum Gasteiger partial charge on any atom is 0.0861 e. The second-order valence-electron chi connectivity index (χ2n) is 4.36. The third-order valence-electron chi connectivity index (χ3n) is 2.33. The minimum Gasteiger partial charge on any atom is -0.390 e. The molecule has 2 nitrogen and oxygen atoms in total. The maximum atomic E-state index is 9.68. The summed E-state index contributed by atoms with van der Waals surface area (Å²) in [6.07, 6.45) is -0.227. The Hall–Kier alpha value is -0.860. The molecule has 2 heteroatoms. The molecular formula is C12H18O2. The second-order valence-corrected chi connectivity index (χ2v) is 4.36. The van der Waals surface area contributed by atoms with E-state index in [9.17, 15) is 10.2 Å². The molecule has 0 aliphatic heterocycles. The Morgan fingerprint density at radius 1 is 1.36 bits per heavy atom. The molecule has 14 heavy (non-hydrogen) atoms. The molecule has 0 aliphatic rings. The van der Waals surface area contributed by atoms with Crippen molar-refractivity contribution in [1.82, 2.24) is 0 Å². The van der Waals surface area contributed by atoms with Gasteiger partial charge in [0.15, 0.2) is 0 Å². The van der Waals surface area contributed by atoms with E-state index < -0.39 is 11.7 Å². The molecule has 0 fully saturated rings. The van der Waals surface area contributed by atoms with Crippen molar-refractivity contribution in [2.24, 2.45) is 0 Å². The molecule has 0 radical (unpaired) electrons. The van der Waals surface area contributed by atoms with Crippen molar-refractivity contribution in [2.75, 3.05) is 0 Å². The minimum atomic E-state index is -1.04. The fourth-order valence-electron chi connectivity index (χ4n) is 1.31. The number of rotatable bonds is 3. The van der Waals surface area contributed by atoms with Crippen LogP contribution in [0.1, 0.15) is 25.0 Å². The molecule has 1 atom stereocenters. The summed E-state index contributed by atoms with van der Waals surface area (Å²) in [6.45, 7) is 5.25. The average molecular weight is 194 g/mol. The standard InChI is InChI=1S/C12H18O2/c1-9-5-4-6-10(7-9)8-11(13)12(2,3)14/h4-7,11,13-14H,8H2,1-3H3. The first-order chi connectivity index (χ1) is 6.39. The SMILES string of the molecule is Cc1cccc(CC(O)C(C)(C)O)c1. The Bertz CT molecular complexity index is 299. The summed E-state index contributed by atoms with van der Waals surface area (Å²) in [5.41, 5.74) is 1.19. The van der Waals surface area contributed by atoms with Crippen molar-refractivity contribution in [3.63, 3.8) is 0 Å². The van der Waals surface area contributed by atoms with Crippen LogP contribution in [-0.2, 0) is 6.42 Å². The molecule has 0 heterocycles. The van der Waals surface area contributed by atoms with E-state index in [0.717, 1.165) is 5.56 Å². The molecule has 2 N–H and O–H groups in total. The predicted molar refractivity (Wildman–Crippen MR) is 57.2 cm³/mol. The van der Waals surface area contributed by atoms with E-state index in [1.807, 2.05) is 31.2 Å². The zero-order chi connectivity index (χ0) is 10.8. The zero-order valence-corrected chi connectivity index (χ0v) is 8.99. The molecule has 0 aromatic heterocycles. The first-order valence-electron chi connectivity index (χ1n) is 4.85. The van der Waals surface area contributed by atoms with Gasteiger partial charge >= 0.3 is 0 Å². The van der Waals surface area contributed by atoms with E-state index in [4.69, 9.17) is 0 Å². The van der Waals surface area contributed by atoms with Gasteiger partial charge in [0.25, 0.3) is 0 Å². The first kappa shape index (κ1) is 11.2. The molecule has 0 bridgehead atoms. The van der Waals surface area contributed by atoms with Gasteiger partial charge < -0.3 is 10.2 Å². The van der Waals surface area contributed by atoms with Crippen LogP contribution in [0.15, 0.2) is 24.3 Å². The zero-order valence-electron chi connectivity index (χ0n) is 8.99. The van der Waals surface area contributed by atoms with Crippen LogP contribution in [0.4, 0.5) is 0 Å². The van der Waals surface area contributed by atoms with Gasteiger partial charge in [-0.05, 0) is 26.3 Å². The molecule has 0 saturated heterocycles. The summed E-state index contributed by atoms with van der Waals surface area (Å²) < 4.78 is 0. The van der Waals surface area contributed by atoms with Crippen molar-refractivity contribution >= 4 is 0 Å². The second kappa shape index (κ2) is 4.11. The van der Waals surface area contributed by atoms with Gasteiger partial charge in [-0.15, -0.1) is 0 Å². The molecular weight excluding hydrogens is 176 g/mol. The van der Waals surface area contributed by atoms with Crippen LogP contribution in [0.5, 0.6) is 0 Å². The minimum absolute atomic E-state index is 0.491. The summed E-state index contributed by atoms with van der Waals surface area (Å²) in [6, 6.07) is 7.96. The van der Waals surface area contributed by atoms with E-state index >= 15 is 0 Å². The highest BCUT2D eigenvalue weighted by molar-refractivity contribution is 5.23. The van der Waals surface area contributed by atoms with Gasteiger partial charge in [0.05, 0.1) is 11.7 Å². The fourth-order valence-corrected chi connectivity index (χ4v) is 1.31. The highest BCUT2D eigenvalue weighted by atomic mass is 16.3. The number of hydrogen-bond acceptors (Lipinski definition) is 2. The van der Waals surface area contributed by atoms with E-state index in [1.165, 1.54) is 5.56 Å². The van der Waals surface area contributed by atoms with Crippen LogP contribution < -0.4 is 0 Å². The van der Waals surface area contributed by atoms with Crippen LogP contribution in [0.25, 0.3) is 0 Å². The van der Waals surface area contributed by atoms with E-state index in [2.05, 4.69) is 0 Å². The maximum absolute atomic E-state index is 9.68.